The highest BCUT2D eigenvalue weighted by Crippen LogP contribution is 2.43. The molecule has 4 aliphatic heterocycles. The summed E-state index contributed by atoms with van der Waals surface area (Å²) in [5.74, 6) is -1.26. The van der Waals surface area contributed by atoms with Gasteiger partial charge in [-0.05, 0) is 84.2 Å². The van der Waals surface area contributed by atoms with Gasteiger partial charge in [-0.25, -0.2) is 24.0 Å². The van der Waals surface area contributed by atoms with E-state index in [0.29, 0.717) is 51.1 Å². The lowest BCUT2D eigenvalue weighted by molar-refractivity contribution is -0.156. The first-order valence-electron chi connectivity index (χ1n) is 24.5. The summed E-state index contributed by atoms with van der Waals surface area (Å²) < 4.78 is 54.8. The fraction of sp³-hybridized carbons (Fsp3) is 0.620. The second-order valence-electron chi connectivity index (χ2n) is 20.1. The van der Waals surface area contributed by atoms with Crippen LogP contribution in [0.25, 0.3) is 33.4 Å². The number of nitrogens with one attached hydrogen (secondary N) is 2. The fourth-order valence-corrected chi connectivity index (χ4v) is 10.8. The van der Waals surface area contributed by atoms with Crippen molar-refractivity contribution in [1.82, 2.24) is 40.1 Å². The highest BCUT2D eigenvalue weighted by Gasteiger charge is 2.44. The number of carbonyl (C=O) groups excluding carboxylic acids is 3. The van der Waals surface area contributed by atoms with Crippen molar-refractivity contribution < 1.29 is 47.2 Å². The van der Waals surface area contributed by atoms with E-state index in [9.17, 15) is 28.3 Å². The van der Waals surface area contributed by atoms with Gasteiger partial charge in [0.05, 0.1) is 66.5 Å². The van der Waals surface area contributed by atoms with Gasteiger partial charge in [-0.2, -0.15) is 0 Å². The third-order valence-electron chi connectivity index (χ3n) is 13.9. The van der Waals surface area contributed by atoms with E-state index in [-0.39, 0.29) is 30.4 Å². The number of nitrogens with zero attached hydrogens (tertiary/aromatic N) is 7. The first-order chi connectivity index (χ1) is 33.4. The van der Waals surface area contributed by atoms with E-state index >= 15 is 0 Å². The number of ether oxygens (including phenoxy) is 4. The summed E-state index contributed by atoms with van der Waals surface area (Å²) in [6.45, 7) is 15.7. The molecule has 0 unspecified atom stereocenters. The van der Waals surface area contributed by atoms with Crippen molar-refractivity contribution in [3.8, 4) is 22.5 Å². The van der Waals surface area contributed by atoms with Gasteiger partial charge in [0.25, 0.3) is 12.3 Å². The summed E-state index contributed by atoms with van der Waals surface area (Å²) in [5.41, 5.74) is 9.20. The smallest absolute Gasteiger partial charge is 0.324 e. The molecule has 0 saturated carbocycles. The Hall–Kier alpha value is -4.83. The maximum atomic E-state index is 14.7. The number of alkyl halides is 2. The second-order valence-corrected chi connectivity index (χ2v) is 21.0. The van der Waals surface area contributed by atoms with E-state index in [4.69, 9.17) is 28.9 Å². The second kappa shape index (κ2) is 21.9. The van der Waals surface area contributed by atoms with E-state index in [1.165, 1.54) is 9.91 Å². The predicted molar refractivity (Wildman–Crippen MR) is 263 cm³/mol. The summed E-state index contributed by atoms with van der Waals surface area (Å²) in [4.78, 5) is 59.0. The van der Waals surface area contributed by atoms with Gasteiger partial charge in [0.1, 0.15) is 29.8 Å². The van der Waals surface area contributed by atoms with Gasteiger partial charge < -0.3 is 48.6 Å². The third kappa shape index (κ3) is 11.3. The molecule has 0 radical (unpaired) electrons. The molecule has 6 bridgehead atoms. The molecule has 4 aliphatic rings. The van der Waals surface area contributed by atoms with Crippen LogP contribution in [0.1, 0.15) is 89.3 Å². The molecule has 0 spiro atoms. The third-order valence-corrected chi connectivity index (χ3v) is 14.8. The minimum atomic E-state index is -2.90. The molecule has 3 N–H and O–H groups in total. The number of carbonyl (C=O) groups is 3. The minimum Gasteiger partial charge on any atom is -0.464 e. The Kier molecular flexibility index (Phi) is 16.1. The minimum absolute atomic E-state index is 0.00881. The van der Waals surface area contributed by atoms with Crippen molar-refractivity contribution in [2.24, 2.45) is 5.41 Å². The number of rotatable bonds is 13. The van der Waals surface area contributed by atoms with Crippen LogP contribution in [-0.2, 0) is 41.5 Å². The zero-order valence-electron chi connectivity index (χ0n) is 41.6. The number of esters is 1. The number of urea groups is 1. The van der Waals surface area contributed by atoms with Gasteiger partial charge in [0.15, 0.2) is 0 Å². The Morgan fingerprint density at radius 1 is 1.07 bits per heavy atom. The molecule has 4 aromatic rings. The molecule has 70 heavy (non-hydrogen) atoms. The molecule has 6 atom stereocenters. The van der Waals surface area contributed by atoms with Crippen LogP contribution in [0.15, 0.2) is 35.8 Å². The van der Waals surface area contributed by atoms with E-state index < -0.39 is 66.7 Å². The maximum absolute atomic E-state index is 14.7. The zero-order valence-corrected chi connectivity index (χ0v) is 42.4. The quantitative estimate of drug-likeness (QED) is 0.130. The number of aromatic nitrogens is 3. The normalized spacial score (nSPS) is 23.4. The Bertz CT molecular complexity index is 2490. The Morgan fingerprint density at radius 2 is 1.84 bits per heavy atom. The number of pyridine rings is 1. The van der Waals surface area contributed by atoms with Crippen molar-refractivity contribution in [1.29, 1.82) is 0 Å². The lowest BCUT2D eigenvalue weighted by Crippen LogP contribution is -2.65. The van der Waals surface area contributed by atoms with Crippen LogP contribution >= 0.6 is 11.3 Å². The number of likely N-dealkylation sites (N-methyl/N-ethyl adjacent to an activating group) is 1. The number of piperazine rings is 1. The molecular weight excluding hydrogens is 925 g/mol. The van der Waals surface area contributed by atoms with Crippen LogP contribution < -0.4 is 15.6 Å². The number of hydrogen-bond donors (Lipinski definition) is 3. The summed E-state index contributed by atoms with van der Waals surface area (Å²) in [6.07, 6.45) is -1.85. The van der Waals surface area contributed by atoms with Gasteiger partial charge >= 0.3 is 12.0 Å². The molecule has 3 fully saturated rings. The van der Waals surface area contributed by atoms with Crippen molar-refractivity contribution in [2.75, 3.05) is 78.1 Å². The number of aliphatic hydroxyl groups excluding tert-OH is 1. The van der Waals surface area contributed by atoms with Crippen LogP contribution in [0.4, 0.5) is 19.3 Å². The molecule has 8 rings (SSSR count). The Balaban J connectivity index is 1.32. The summed E-state index contributed by atoms with van der Waals surface area (Å²) in [7, 11) is 3.81. The molecule has 20 heteroatoms. The predicted octanol–water partition coefficient (Wildman–Crippen LogP) is 6.19. The topological polar surface area (TPSA) is 176 Å². The van der Waals surface area contributed by atoms with Crippen LogP contribution in [0.3, 0.4) is 0 Å². The zero-order chi connectivity index (χ0) is 50.0. The van der Waals surface area contributed by atoms with Crippen molar-refractivity contribution >= 4 is 45.8 Å². The SMILES string of the molecule is CO[C@@H](C)c1ncc(N2CCN(C)CC2)cc1-c1c2c3cc(ccc3n1CCOC(C)C)-c1csc(n1)[C@@H](OCC(F)F)[C@H](NC(=O)N1CC[C@H]1[C@@H](C)O)C(=O)N1CCC[C@H](N1)C(=O)OCC(C)(C)C2. The number of fused-ring (bicyclic) bond motifs is 6. The number of halogens is 2. The van der Waals surface area contributed by atoms with Gasteiger partial charge in [0.2, 0.25) is 0 Å². The molecule has 3 amide bonds. The van der Waals surface area contributed by atoms with Gasteiger partial charge in [0, 0.05) is 85.7 Å². The van der Waals surface area contributed by atoms with Crippen molar-refractivity contribution in [3.05, 3.63) is 52.1 Å². The van der Waals surface area contributed by atoms with E-state index in [0.717, 1.165) is 82.2 Å². The van der Waals surface area contributed by atoms with Gasteiger partial charge in [-0.3, -0.25) is 19.6 Å². The van der Waals surface area contributed by atoms with Crippen LogP contribution in [0.2, 0.25) is 0 Å². The largest absolute Gasteiger partial charge is 0.464 e. The molecule has 3 saturated heterocycles. The van der Waals surface area contributed by atoms with Gasteiger partial charge in [-0.1, -0.05) is 19.9 Å². The van der Waals surface area contributed by atoms with E-state index in [1.807, 2.05) is 33.0 Å². The van der Waals surface area contributed by atoms with E-state index in [2.05, 4.69) is 64.2 Å². The highest BCUT2D eigenvalue weighted by atomic mass is 32.1. The summed E-state index contributed by atoms with van der Waals surface area (Å²) >= 11 is 1.13. The Labute approximate surface area is 412 Å². The van der Waals surface area contributed by atoms with Crippen molar-refractivity contribution in [3.63, 3.8) is 0 Å². The lowest BCUT2D eigenvalue weighted by Gasteiger charge is -2.44. The number of methoxy groups -OCH3 is 1. The van der Waals surface area contributed by atoms with Gasteiger partial charge in [-0.15, -0.1) is 11.3 Å². The summed E-state index contributed by atoms with van der Waals surface area (Å²) in [6, 6.07) is 4.68. The van der Waals surface area contributed by atoms with Crippen LogP contribution in [-0.4, -0.2) is 162 Å². The summed E-state index contributed by atoms with van der Waals surface area (Å²) in [5, 5.41) is 17.3. The monoisotopic (exact) mass is 993 g/mol. The number of amides is 3. The molecule has 1 aromatic carbocycles. The molecule has 17 nitrogen and oxygen atoms in total. The molecule has 382 valence electrons. The number of hydrogen-bond acceptors (Lipinski definition) is 14. The lowest BCUT2D eigenvalue weighted by atomic mass is 9.84. The number of anilines is 1. The molecule has 3 aromatic heterocycles. The average molecular weight is 994 g/mol. The first kappa shape index (κ1) is 51.5. The standard InChI is InChI=1S/C50H69F2N9O8S/c1-29(2)67-21-20-59-40-12-11-32-22-34(40)36(44(59)35-23-33(25-53-42(35)31(4)66-8)58-18-16-57(7)17-19-58)24-50(5,6)28-69-48(64)37-10-9-14-61(56-37)47(63)43(55-49(65)60-15-13-39(60)30(3)62)45(68-26-41(51)52)46-54-38(32)27-70-46/h11-12,22-23,25,27,29-31,37,39,41,43,45,56,62H,9-10,13-21,24,26,28H2,1-8H3,(H,55,65)/t30-,31+,37+,39+,43+,45+/m1/s1. The first-order valence-corrected chi connectivity index (χ1v) is 25.4. The molecular formula is C50H69F2N9O8S. The number of hydrazine groups is 1. The molecule has 0 aliphatic carbocycles. The maximum Gasteiger partial charge on any atom is 0.324 e. The average Bonchev–Trinajstić information content (AvgIpc) is 3.91. The number of likely N-dealkylation sites (tertiary alicyclic amines) is 1. The number of thiazole rings is 1. The number of benzene rings is 1. The van der Waals surface area contributed by atoms with E-state index in [1.54, 1.807) is 19.4 Å². The van der Waals surface area contributed by atoms with Crippen molar-refractivity contribution in [2.45, 2.75) is 123 Å². The molecule has 7 heterocycles. The van der Waals surface area contributed by atoms with Crippen LogP contribution in [0.5, 0.6) is 0 Å². The number of cyclic esters (lactones) is 1. The fourth-order valence-electron chi connectivity index (χ4n) is 9.87. The van der Waals surface area contributed by atoms with Crippen LogP contribution in [0, 0.1) is 5.41 Å². The Morgan fingerprint density at radius 3 is 2.53 bits per heavy atom. The highest BCUT2D eigenvalue weighted by molar-refractivity contribution is 7.10. The number of aliphatic hydroxyl groups is 1.